The molecule has 0 spiro atoms. The van der Waals surface area contributed by atoms with Crippen LogP contribution >= 0.6 is 9.24 Å². The second kappa shape index (κ2) is 13.4. The Labute approximate surface area is 195 Å². The summed E-state index contributed by atoms with van der Waals surface area (Å²) in [7, 11) is 3.28. The van der Waals surface area contributed by atoms with Gasteiger partial charge in [-0.3, -0.25) is 0 Å². The van der Waals surface area contributed by atoms with E-state index in [0.29, 0.717) is 0 Å². The molecular formula is C30H47P. The third-order valence-corrected chi connectivity index (χ3v) is 7.45. The molecule has 2 aromatic carbocycles. The van der Waals surface area contributed by atoms with E-state index >= 15 is 0 Å². The molecule has 0 aromatic heterocycles. The van der Waals surface area contributed by atoms with Crippen molar-refractivity contribution >= 4 is 9.24 Å². The van der Waals surface area contributed by atoms with Crippen LogP contribution in [0.5, 0.6) is 0 Å². The van der Waals surface area contributed by atoms with Crippen LogP contribution in [0.2, 0.25) is 0 Å². The molecular weight excluding hydrogens is 391 g/mol. The van der Waals surface area contributed by atoms with Crippen molar-refractivity contribution in [3.8, 4) is 0 Å². The molecule has 0 saturated carbocycles. The van der Waals surface area contributed by atoms with Gasteiger partial charge in [-0.2, -0.15) is 0 Å². The molecule has 172 valence electrons. The van der Waals surface area contributed by atoms with Gasteiger partial charge in [0, 0.05) is 5.16 Å². The van der Waals surface area contributed by atoms with Gasteiger partial charge in [-0.05, 0) is 91.7 Å². The van der Waals surface area contributed by atoms with Crippen molar-refractivity contribution < 1.29 is 0 Å². The highest BCUT2D eigenvalue weighted by atomic mass is 31.0. The van der Waals surface area contributed by atoms with E-state index in [9.17, 15) is 0 Å². The Morgan fingerprint density at radius 2 is 0.935 bits per heavy atom. The van der Waals surface area contributed by atoms with Gasteiger partial charge in [-0.1, -0.05) is 89.8 Å². The normalized spacial score (nSPS) is 11.8. The first kappa shape index (κ1) is 26.1. The van der Waals surface area contributed by atoms with Crippen molar-refractivity contribution in [2.75, 3.05) is 0 Å². The predicted molar refractivity (Wildman–Crippen MR) is 143 cm³/mol. The SMILES string of the molecule is CCCCc1cccc(C(C)(P)c2cccc(CCCC)c2CCCC)c1CCCC. The smallest absolute Gasteiger partial charge is 0.0322 e. The van der Waals surface area contributed by atoms with Crippen LogP contribution in [-0.4, -0.2) is 0 Å². The molecule has 0 saturated heterocycles. The molecule has 2 aromatic rings. The Kier molecular flexibility index (Phi) is 11.3. The zero-order chi connectivity index (χ0) is 22.7. The lowest BCUT2D eigenvalue weighted by atomic mass is 9.80. The standard InChI is InChI=1S/C30H47P/c1-6-10-16-24-18-14-22-28(26(24)20-12-8-3)30(5,31)29-23-15-19-25(17-11-7-2)27(29)21-13-9-4/h14-15,18-19,22-23H,6-13,16-17,20-21,31H2,1-5H3. The van der Waals surface area contributed by atoms with Gasteiger partial charge in [0.25, 0.3) is 0 Å². The fourth-order valence-electron chi connectivity index (χ4n) is 4.89. The summed E-state index contributed by atoms with van der Waals surface area (Å²) in [6.45, 7) is 11.7. The maximum absolute atomic E-state index is 3.28. The van der Waals surface area contributed by atoms with Crippen LogP contribution < -0.4 is 0 Å². The van der Waals surface area contributed by atoms with Crippen molar-refractivity contribution in [2.45, 2.75) is 117 Å². The topological polar surface area (TPSA) is 0 Å². The molecule has 31 heavy (non-hydrogen) atoms. The molecule has 0 amide bonds. The Morgan fingerprint density at radius 1 is 0.581 bits per heavy atom. The second-order valence-corrected chi connectivity index (χ2v) is 10.7. The fraction of sp³-hybridized carbons (Fsp3) is 0.600. The highest BCUT2D eigenvalue weighted by molar-refractivity contribution is 7.18. The number of rotatable bonds is 14. The number of hydrogen-bond acceptors (Lipinski definition) is 0. The fourth-order valence-corrected chi connectivity index (χ4v) is 5.43. The lowest BCUT2D eigenvalue weighted by Crippen LogP contribution is -2.21. The van der Waals surface area contributed by atoms with Crippen LogP contribution in [0.1, 0.15) is 119 Å². The van der Waals surface area contributed by atoms with E-state index in [0.717, 1.165) is 0 Å². The minimum absolute atomic E-state index is 0.0450. The summed E-state index contributed by atoms with van der Waals surface area (Å²) < 4.78 is 0. The first-order valence-corrected chi connectivity index (χ1v) is 13.6. The summed E-state index contributed by atoms with van der Waals surface area (Å²) in [5.41, 5.74) is 9.47. The molecule has 0 bridgehead atoms. The van der Waals surface area contributed by atoms with E-state index in [2.05, 4.69) is 80.3 Å². The van der Waals surface area contributed by atoms with Gasteiger partial charge < -0.3 is 0 Å². The van der Waals surface area contributed by atoms with Gasteiger partial charge in [0.2, 0.25) is 0 Å². The Hall–Kier alpha value is -1.13. The summed E-state index contributed by atoms with van der Waals surface area (Å²) >= 11 is 0. The molecule has 0 aliphatic carbocycles. The van der Waals surface area contributed by atoms with Gasteiger partial charge >= 0.3 is 0 Å². The van der Waals surface area contributed by atoms with E-state index < -0.39 is 0 Å². The third-order valence-electron chi connectivity index (χ3n) is 6.83. The molecule has 0 fully saturated rings. The molecule has 1 atom stereocenters. The van der Waals surface area contributed by atoms with Crippen LogP contribution in [-0.2, 0) is 30.8 Å². The predicted octanol–water partition coefficient (Wildman–Crippen LogP) is 9.20. The highest BCUT2D eigenvalue weighted by Gasteiger charge is 2.29. The molecule has 0 aliphatic rings. The molecule has 0 N–H and O–H groups in total. The van der Waals surface area contributed by atoms with E-state index in [1.165, 1.54) is 88.2 Å². The summed E-state index contributed by atoms with van der Waals surface area (Å²) in [4.78, 5) is 0. The quantitative estimate of drug-likeness (QED) is 0.258. The van der Waals surface area contributed by atoms with E-state index in [1.54, 1.807) is 22.3 Å². The molecule has 0 aliphatic heterocycles. The molecule has 0 radical (unpaired) electrons. The lowest BCUT2D eigenvalue weighted by molar-refractivity contribution is 0.713. The molecule has 1 heteroatoms. The van der Waals surface area contributed by atoms with Crippen LogP contribution in [0.25, 0.3) is 0 Å². The molecule has 0 heterocycles. The van der Waals surface area contributed by atoms with Crippen molar-refractivity contribution in [2.24, 2.45) is 0 Å². The van der Waals surface area contributed by atoms with E-state index in [1.807, 2.05) is 0 Å². The average Bonchev–Trinajstić information content (AvgIpc) is 2.78. The van der Waals surface area contributed by atoms with Gasteiger partial charge in [0.1, 0.15) is 0 Å². The van der Waals surface area contributed by atoms with Gasteiger partial charge in [-0.15, -0.1) is 9.24 Å². The highest BCUT2D eigenvalue weighted by Crippen LogP contribution is 2.44. The third kappa shape index (κ3) is 6.92. The van der Waals surface area contributed by atoms with Crippen molar-refractivity contribution in [1.82, 2.24) is 0 Å². The van der Waals surface area contributed by atoms with Crippen LogP contribution in [0.4, 0.5) is 0 Å². The Balaban J connectivity index is 2.59. The van der Waals surface area contributed by atoms with Crippen molar-refractivity contribution in [1.29, 1.82) is 0 Å². The van der Waals surface area contributed by atoms with E-state index in [-0.39, 0.29) is 5.16 Å². The molecule has 1 unspecified atom stereocenters. The zero-order valence-corrected chi connectivity index (χ0v) is 22.2. The minimum Gasteiger partial charge on any atom is -0.122 e. The number of aryl methyl sites for hydroxylation is 2. The number of unbranched alkanes of at least 4 members (excludes halogenated alkanes) is 4. The first-order valence-electron chi connectivity index (χ1n) is 13.0. The van der Waals surface area contributed by atoms with Crippen LogP contribution in [0.3, 0.4) is 0 Å². The number of hydrogen-bond donors (Lipinski definition) is 0. The summed E-state index contributed by atoms with van der Waals surface area (Å²) in [5, 5.41) is -0.0450. The molecule has 0 nitrogen and oxygen atoms in total. The average molecular weight is 439 g/mol. The van der Waals surface area contributed by atoms with E-state index in [4.69, 9.17) is 0 Å². The first-order chi connectivity index (χ1) is 15.0. The Morgan fingerprint density at radius 3 is 1.29 bits per heavy atom. The van der Waals surface area contributed by atoms with Gasteiger partial charge in [0.15, 0.2) is 0 Å². The minimum atomic E-state index is -0.0450. The monoisotopic (exact) mass is 438 g/mol. The van der Waals surface area contributed by atoms with Gasteiger partial charge in [0.05, 0.1) is 0 Å². The second-order valence-electron chi connectivity index (χ2n) is 9.50. The zero-order valence-electron chi connectivity index (χ0n) is 21.0. The van der Waals surface area contributed by atoms with Crippen LogP contribution in [0.15, 0.2) is 36.4 Å². The summed E-state index contributed by atoms with van der Waals surface area (Å²) in [6.07, 6.45) is 15.0. The summed E-state index contributed by atoms with van der Waals surface area (Å²) in [6, 6.07) is 14.2. The lowest BCUT2D eigenvalue weighted by Gasteiger charge is -2.33. The van der Waals surface area contributed by atoms with Crippen molar-refractivity contribution in [3.63, 3.8) is 0 Å². The van der Waals surface area contributed by atoms with Crippen LogP contribution in [0, 0.1) is 0 Å². The number of benzene rings is 2. The van der Waals surface area contributed by atoms with Crippen molar-refractivity contribution in [3.05, 3.63) is 69.8 Å². The maximum atomic E-state index is 3.28. The summed E-state index contributed by atoms with van der Waals surface area (Å²) in [5.74, 6) is 0. The van der Waals surface area contributed by atoms with Gasteiger partial charge in [-0.25, -0.2) is 0 Å². The molecule has 2 rings (SSSR count). The largest absolute Gasteiger partial charge is 0.122 e. The maximum Gasteiger partial charge on any atom is 0.0322 e. The Bertz CT molecular complexity index is 721.